The summed E-state index contributed by atoms with van der Waals surface area (Å²) in [6.07, 6.45) is 5.40. The quantitative estimate of drug-likeness (QED) is 0.753. The van der Waals surface area contributed by atoms with Crippen LogP contribution in [0.2, 0.25) is 0 Å². The van der Waals surface area contributed by atoms with E-state index in [0.717, 1.165) is 11.5 Å². The van der Waals surface area contributed by atoms with Gasteiger partial charge in [-0.05, 0) is 6.08 Å². The average molecular weight is 246 g/mol. The summed E-state index contributed by atoms with van der Waals surface area (Å²) in [4.78, 5) is 0.00440. The molecule has 0 aromatic heterocycles. The van der Waals surface area contributed by atoms with Crippen molar-refractivity contribution in [1.29, 1.82) is 0 Å². The van der Waals surface area contributed by atoms with Crippen LogP contribution in [0.5, 0.6) is 0 Å². The number of halogens is 1. The summed E-state index contributed by atoms with van der Waals surface area (Å²) in [7, 11) is 3.21. The van der Waals surface area contributed by atoms with Crippen molar-refractivity contribution in [2.45, 2.75) is 4.83 Å². The van der Waals surface area contributed by atoms with E-state index in [1.165, 1.54) is 0 Å². The maximum Gasteiger partial charge on any atom is 0.118 e. The van der Waals surface area contributed by atoms with E-state index in [4.69, 9.17) is 15.2 Å². The molecule has 3 nitrogen and oxygen atoms in total. The van der Waals surface area contributed by atoms with E-state index in [0.29, 0.717) is 5.70 Å². The van der Waals surface area contributed by atoms with Crippen molar-refractivity contribution in [2.75, 3.05) is 14.2 Å². The van der Waals surface area contributed by atoms with Crippen LogP contribution in [-0.4, -0.2) is 19.0 Å². The van der Waals surface area contributed by atoms with Gasteiger partial charge in [0.05, 0.1) is 19.0 Å². The molecule has 4 heteroatoms. The van der Waals surface area contributed by atoms with Crippen LogP contribution in [0.1, 0.15) is 0 Å². The van der Waals surface area contributed by atoms with Crippen molar-refractivity contribution in [1.82, 2.24) is 0 Å². The van der Waals surface area contributed by atoms with Crippen LogP contribution in [0, 0.1) is 0 Å². The maximum atomic E-state index is 5.69. The lowest BCUT2D eigenvalue weighted by Gasteiger charge is -2.08. The number of hydrogen-bond acceptors (Lipinski definition) is 3. The lowest BCUT2D eigenvalue weighted by Crippen LogP contribution is -2.02. The van der Waals surface area contributed by atoms with Gasteiger partial charge in [0.25, 0.3) is 0 Å². The fourth-order valence-corrected chi connectivity index (χ4v) is 1.60. The lowest BCUT2D eigenvalue weighted by atomic mass is 10.3. The van der Waals surface area contributed by atoms with Crippen LogP contribution in [-0.2, 0) is 9.47 Å². The van der Waals surface area contributed by atoms with Crippen LogP contribution in [0.3, 0.4) is 0 Å². The van der Waals surface area contributed by atoms with Crippen LogP contribution in [0.15, 0.2) is 35.4 Å². The molecule has 0 aromatic carbocycles. The first-order valence-electron chi connectivity index (χ1n) is 3.80. The molecule has 0 saturated heterocycles. The third-order valence-corrected chi connectivity index (χ3v) is 2.39. The summed E-state index contributed by atoms with van der Waals surface area (Å²) in [5.41, 5.74) is 6.31. The van der Waals surface area contributed by atoms with Gasteiger partial charge >= 0.3 is 0 Å². The highest BCUT2D eigenvalue weighted by atomic mass is 79.9. The Hall–Kier alpha value is -0.900. The van der Waals surface area contributed by atoms with Crippen LogP contribution in [0.25, 0.3) is 0 Å². The molecule has 0 aliphatic heterocycles. The summed E-state index contributed by atoms with van der Waals surface area (Å²) >= 11 is 3.44. The highest BCUT2D eigenvalue weighted by Gasteiger charge is 2.13. The Labute approximate surface area is 86.0 Å². The molecule has 1 aliphatic carbocycles. The first kappa shape index (κ1) is 10.2. The smallest absolute Gasteiger partial charge is 0.118 e. The van der Waals surface area contributed by atoms with Gasteiger partial charge in [-0.1, -0.05) is 15.9 Å². The van der Waals surface area contributed by atoms with E-state index >= 15 is 0 Å². The highest BCUT2D eigenvalue weighted by molar-refractivity contribution is 9.09. The zero-order chi connectivity index (χ0) is 9.84. The maximum absolute atomic E-state index is 5.69. The molecular weight excluding hydrogens is 234 g/mol. The Morgan fingerprint density at radius 3 is 2.54 bits per heavy atom. The van der Waals surface area contributed by atoms with Crippen molar-refractivity contribution in [2.24, 2.45) is 5.73 Å². The predicted octanol–water partition coefficient (Wildman–Crippen LogP) is 1.67. The molecule has 0 aromatic rings. The number of allylic oxidation sites excluding steroid dienone is 3. The zero-order valence-corrected chi connectivity index (χ0v) is 9.17. The standard InChI is InChI=1S/C9H12BrNO2/c1-12-7-3-6(11)4-9(13-2)8(10)5-7/h3-5,8H,11H2,1-2H3. The SMILES string of the molecule is COC1=CC(Br)C(OC)=CC(N)=C1. The van der Waals surface area contributed by atoms with Gasteiger partial charge in [0, 0.05) is 17.8 Å². The minimum absolute atomic E-state index is 0.00440. The number of nitrogens with two attached hydrogens (primary N) is 1. The van der Waals surface area contributed by atoms with Crippen molar-refractivity contribution in [3.05, 3.63) is 35.4 Å². The Morgan fingerprint density at radius 2 is 2.00 bits per heavy atom. The van der Waals surface area contributed by atoms with Gasteiger partial charge in [-0.25, -0.2) is 0 Å². The average Bonchev–Trinajstić information content (AvgIpc) is 2.25. The van der Waals surface area contributed by atoms with E-state index in [1.807, 2.05) is 6.08 Å². The minimum Gasteiger partial charge on any atom is -0.499 e. The van der Waals surface area contributed by atoms with E-state index in [-0.39, 0.29) is 4.83 Å². The third-order valence-electron chi connectivity index (χ3n) is 1.67. The zero-order valence-electron chi connectivity index (χ0n) is 7.58. The molecule has 0 amide bonds. The van der Waals surface area contributed by atoms with Gasteiger partial charge in [-0.3, -0.25) is 0 Å². The molecule has 1 rings (SSSR count). The summed E-state index contributed by atoms with van der Waals surface area (Å²) in [5, 5.41) is 0. The molecule has 0 bridgehead atoms. The number of ether oxygens (including phenoxy) is 2. The Morgan fingerprint density at radius 1 is 1.31 bits per heavy atom. The Bertz CT molecular complexity index is 281. The number of hydrogen-bond donors (Lipinski definition) is 1. The first-order valence-corrected chi connectivity index (χ1v) is 4.71. The fraction of sp³-hybridized carbons (Fsp3) is 0.333. The van der Waals surface area contributed by atoms with Crippen molar-refractivity contribution in [3.63, 3.8) is 0 Å². The highest BCUT2D eigenvalue weighted by Crippen LogP contribution is 2.21. The Kier molecular flexibility index (Phi) is 3.42. The monoisotopic (exact) mass is 245 g/mol. The molecule has 0 saturated carbocycles. The van der Waals surface area contributed by atoms with Gasteiger partial charge in [0.2, 0.25) is 0 Å². The predicted molar refractivity (Wildman–Crippen MR) is 55.2 cm³/mol. The summed E-state index contributed by atoms with van der Waals surface area (Å²) < 4.78 is 10.2. The minimum atomic E-state index is 0.00440. The van der Waals surface area contributed by atoms with Gasteiger partial charge in [-0.2, -0.15) is 0 Å². The molecule has 1 atom stereocenters. The van der Waals surface area contributed by atoms with Gasteiger partial charge in [-0.15, -0.1) is 0 Å². The van der Waals surface area contributed by atoms with E-state index < -0.39 is 0 Å². The molecule has 0 fully saturated rings. The fourth-order valence-electron chi connectivity index (χ4n) is 1.02. The lowest BCUT2D eigenvalue weighted by molar-refractivity contribution is 0.284. The van der Waals surface area contributed by atoms with E-state index in [2.05, 4.69) is 15.9 Å². The molecule has 1 unspecified atom stereocenters. The number of methoxy groups -OCH3 is 2. The topological polar surface area (TPSA) is 44.5 Å². The molecule has 13 heavy (non-hydrogen) atoms. The van der Waals surface area contributed by atoms with Crippen LogP contribution in [0.4, 0.5) is 0 Å². The summed E-state index contributed by atoms with van der Waals surface area (Å²) in [6, 6.07) is 0. The molecule has 0 spiro atoms. The second-order valence-electron chi connectivity index (χ2n) is 2.57. The van der Waals surface area contributed by atoms with Crippen molar-refractivity contribution in [3.8, 4) is 0 Å². The molecule has 2 N–H and O–H groups in total. The molecule has 1 aliphatic rings. The third kappa shape index (κ3) is 2.52. The largest absolute Gasteiger partial charge is 0.499 e. The number of alkyl halides is 1. The molecule has 0 heterocycles. The Balaban J connectivity index is 2.98. The second-order valence-corrected chi connectivity index (χ2v) is 3.56. The van der Waals surface area contributed by atoms with E-state index in [1.54, 1.807) is 26.4 Å². The van der Waals surface area contributed by atoms with Crippen molar-refractivity contribution >= 4 is 15.9 Å². The second kappa shape index (κ2) is 4.37. The molecule has 72 valence electrons. The molecule has 0 radical (unpaired) electrons. The van der Waals surface area contributed by atoms with Crippen LogP contribution >= 0.6 is 15.9 Å². The van der Waals surface area contributed by atoms with Crippen LogP contribution < -0.4 is 5.73 Å². The normalized spacial score (nSPS) is 22.4. The summed E-state index contributed by atoms with van der Waals surface area (Å²) in [5.74, 6) is 1.49. The van der Waals surface area contributed by atoms with Gasteiger partial charge in [0.15, 0.2) is 0 Å². The molecular formula is C9H12BrNO2. The van der Waals surface area contributed by atoms with Gasteiger partial charge < -0.3 is 15.2 Å². The van der Waals surface area contributed by atoms with Gasteiger partial charge in [0.1, 0.15) is 11.5 Å². The number of rotatable bonds is 2. The van der Waals surface area contributed by atoms with Crippen molar-refractivity contribution < 1.29 is 9.47 Å². The first-order chi connectivity index (χ1) is 6.17. The summed E-state index contributed by atoms with van der Waals surface area (Å²) in [6.45, 7) is 0. The van der Waals surface area contributed by atoms with E-state index in [9.17, 15) is 0 Å².